The molecule has 0 fully saturated rings. The zero-order chi connectivity index (χ0) is 15.0. The second kappa shape index (κ2) is 5.37. The molecule has 1 atom stereocenters. The maximum atomic E-state index is 12.8. The van der Waals surface area contributed by atoms with Gasteiger partial charge in [-0.1, -0.05) is 36.4 Å². The summed E-state index contributed by atoms with van der Waals surface area (Å²) in [5, 5.41) is 0. The Labute approximate surface area is 137 Å². The Hall–Kier alpha value is -1.49. The molecule has 0 spiro atoms. The minimum Gasteiger partial charge on any atom is -0.299 e. The lowest BCUT2D eigenvalue weighted by atomic mass is 9.75. The van der Waals surface area contributed by atoms with Gasteiger partial charge in [0.2, 0.25) is 0 Å². The van der Waals surface area contributed by atoms with Gasteiger partial charge in [0.1, 0.15) is 5.78 Å². The fourth-order valence-corrected chi connectivity index (χ4v) is 3.42. The van der Waals surface area contributed by atoms with Crippen LogP contribution in [0.25, 0.3) is 0 Å². The van der Waals surface area contributed by atoms with E-state index >= 15 is 0 Å². The Morgan fingerprint density at radius 3 is 2.43 bits per heavy atom. The standard InChI is InChI=1S/C18H15IO2/c1-12(20)18(10-13-6-8-15(19)9-7-13)11-14-4-2-3-5-16(14)17(18)21/h2-9H,10-11H2,1H3. The van der Waals surface area contributed by atoms with Gasteiger partial charge in [-0.05, 0) is 65.6 Å². The van der Waals surface area contributed by atoms with Crippen molar-refractivity contribution in [1.82, 2.24) is 0 Å². The molecule has 0 radical (unpaired) electrons. The number of carbonyl (C=O) groups is 2. The van der Waals surface area contributed by atoms with E-state index < -0.39 is 5.41 Å². The fourth-order valence-electron chi connectivity index (χ4n) is 3.06. The highest BCUT2D eigenvalue weighted by molar-refractivity contribution is 14.1. The summed E-state index contributed by atoms with van der Waals surface area (Å²) in [6, 6.07) is 15.6. The lowest BCUT2D eigenvalue weighted by Gasteiger charge is -2.24. The second-order valence-corrected chi connectivity index (χ2v) is 6.85. The minimum absolute atomic E-state index is 0.0239. The maximum absolute atomic E-state index is 12.8. The highest BCUT2D eigenvalue weighted by atomic mass is 127. The molecular formula is C18H15IO2. The molecule has 1 unspecified atom stereocenters. The van der Waals surface area contributed by atoms with Gasteiger partial charge in [0.05, 0.1) is 5.41 Å². The molecule has 21 heavy (non-hydrogen) atoms. The summed E-state index contributed by atoms with van der Waals surface area (Å²) in [5.41, 5.74) is 1.81. The third-order valence-corrected chi connectivity index (χ3v) is 5.00. The van der Waals surface area contributed by atoms with E-state index in [4.69, 9.17) is 0 Å². The average molecular weight is 390 g/mol. The van der Waals surface area contributed by atoms with Gasteiger partial charge in [-0.25, -0.2) is 0 Å². The lowest BCUT2D eigenvalue weighted by Crippen LogP contribution is -2.37. The fraction of sp³-hybridized carbons (Fsp3) is 0.222. The normalized spacial score (nSPS) is 20.4. The first-order valence-electron chi connectivity index (χ1n) is 6.91. The molecule has 2 aromatic rings. The topological polar surface area (TPSA) is 34.1 Å². The molecule has 1 aliphatic rings. The van der Waals surface area contributed by atoms with Gasteiger partial charge < -0.3 is 0 Å². The van der Waals surface area contributed by atoms with Crippen molar-refractivity contribution in [3.05, 3.63) is 68.8 Å². The van der Waals surface area contributed by atoms with Crippen LogP contribution in [0.4, 0.5) is 0 Å². The summed E-state index contributed by atoms with van der Waals surface area (Å²) in [5.74, 6) is -0.0635. The van der Waals surface area contributed by atoms with Crippen LogP contribution < -0.4 is 0 Å². The summed E-state index contributed by atoms with van der Waals surface area (Å²) in [4.78, 5) is 25.1. The van der Waals surface area contributed by atoms with Crippen molar-refractivity contribution in [1.29, 1.82) is 0 Å². The molecule has 0 aliphatic heterocycles. The summed E-state index contributed by atoms with van der Waals surface area (Å²) in [7, 11) is 0. The first-order valence-corrected chi connectivity index (χ1v) is 7.99. The number of hydrogen-bond acceptors (Lipinski definition) is 2. The van der Waals surface area contributed by atoms with Crippen molar-refractivity contribution in [2.75, 3.05) is 0 Å². The van der Waals surface area contributed by atoms with E-state index in [2.05, 4.69) is 22.6 Å². The highest BCUT2D eigenvalue weighted by Gasteiger charge is 2.48. The van der Waals surface area contributed by atoms with E-state index in [0.717, 1.165) is 14.7 Å². The summed E-state index contributed by atoms with van der Waals surface area (Å²) in [6.45, 7) is 1.54. The number of Topliss-reactive ketones (excluding diaryl/α,β-unsaturated/α-hetero) is 2. The van der Waals surface area contributed by atoms with Crippen LogP contribution in [0, 0.1) is 8.99 Å². The van der Waals surface area contributed by atoms with Crippen molar-refractivity contribution in [2.24, 2.45) is 5.41 Å². The lowest BCUT2D eigenvalue weighted by molar-refractivity contribution is -0.123. The van der Waals surface area contributed by atoms with E-state index in [1.54, 1.807) is 0 Å². The van der Waals surface area contributed by atoms with Crippen LogP contribution in [0.3, 0.4) is 0 Å². The monoisotopic (exact) mass is 390 g/mol. The molecule has 0 saturated carbocycles. The smallest absolute Gasteiger partial charge is 0.177 e. The van der Waals surface area contributed by atoms with Crippen LogP contribution >= 0.6 is 22.6 Å². The number of halogens is 1. The van der Waals surface area contributed by atoms with E-state index in [9.17, 15) is 9.59 Å². The molecule has 0 amide bonds. The molecule has 0 heterocycles. The van der Waals surface area contributed by atoms with Crippen LogP contribution in [-0.2, 0) is 17.6 Å². The number of fused-ring (bicyclic) bond motifs is 1. The van der Waals surface area contributed by atoms with Crippen LogP contribution in [0.2, 0.25) is 0 Å². The molecule has 1 aliphatic carbocycles. The van der Waals surface area contributed by atoms with E-state index in [-0.39, 0.29) is 11.6 Å². The Balaban J connectivity index is 2.01. The second-order valence-electron chi connectivity index (χ2n) is 5.60. The first kappa shape index (κ1) is 14.4. The van der Waals surface area contributed by atoms with Gasteiger partial charge >= 0.3 is 0 Å². The van der Waals surface area contributed by atoms with E-state index in [0.29, 0.717) is 18.4 Å². The number of carbonyl (C=O) groups excluding carboxylic acids is 2. The zero-order valence-electron chi connectivity index (χ0n) is 11.7. The Morgan fingerprint density at radius 2 is 1.81 bits per heavy atom. The molecular weight excluding hydrogens is 375 g/mol. The van der Waals surface area contributed by atoms with Crippen molar-refractivity contribution >= 4 is 34.2 Å². The van der Waals surface area contributed by atoms with E-state index in [1.807, 2.05) is 48.5 Å². The highest BCUT2D eigenvalue weighted by Crippen LogP contribution is 2.40. The van der Waals surface area contributed by atoms with Crippen molar-refractivity contribution in [3.8, 4) is 0 Å². The van der Waals surface area contributed by atoms with Gasteiger partial charge in [0, 0.05) is 9.13 Å². The third kappa shape index (κ3) is 2.44. The number of rotatable bonds is 3. The zero-order valence-corrected chi connectivity index (χ0v) is 13.9. The predicted octanol–water partition coefficient (Wildman–Crippen LogP) is 3.85. The van der Waals surface area contributed by atoms with Crippen LogP contribution in [0.5, 0.6) is 0 Å². The quantitative estimate of drug-likeness (QED) is 0.590. The molecule has 3 rings (SSSR count). The number of benzene rings is 2. The predicted molar refractivity (Wildman–Crippen MR) is 90.5 cm³/mol. The summed E-state index contributed by atoms with van der Waals surface area (Å²) < 4.78 is 1.15. The average Bonchev–Trinajstić information content (AvgIpc) is 2.76. The van der Waals surface area contributed by atoms with Crippen LogP contribution in [0.1, 0.15) is 28.4 Å². The van der Waals surface area contributed by atoms with Gasteiger partial charge in [0.25, 0.3) is 0 Å². The van der Waals surface area contributed by atoms with Gasteiger partial charge in [0.15, 0.2) is 5.78 Å². The van der Waals surface area contributed by atoms with Gasteiger partial charge in [-0.15, -0.1) is 0 Å². The molecule has 2 aromatic carbocycles. The van der Waals surface area contributed by atoms with Crippen molar-refractivity contribution in [2.45, 2.75) is 19.8 Å². The van der Waals surface area contributed by atoms with Crippen LogP contribution in [0.15, 0.2) is 48.5 Å². The number of hydrogen-bond donors (Lipinski definition) is 0. The largest absolute Gasteiger partial charge is 0.299 e. The molecule has 0 aromatic heterocycles. The Kier molecular flexibility index (Phi) is 3.69. The van der Waals surface area contributed by atoms with Crippen LogP contribution in [-0.4, -0.2) is 11.6 Å². The number of ketones is 2. The Morgan fingerprint density at radius 1 is 1.14 bits per heavy atom. The molecule has 0 bridgehead atoms. The molecule has 3 heteroatoms. The summed E-state index contributed by atoms with van der Waals surface area (Å²) >= 11 is 2.25. The molecule has 0 N–H and O–H groups in total. The molecule has 106 valence electrons. The maximum Gasteiger partial charge on any atom is 0.177 e. The van der Waals surface area contributed by atoms with Crippen molar-refractivity contribution in [3.63, 3.8) is 0 Å². The van der Waals surface area contributed by atoms with Crippen molar-refractivity contribution < 1.29 is 9.59 Å². The molecule has 2 nitrogen and oxygen atoms in total. The van der Waals surface area contributed by atoms with Gasteiger partial charge in [-0.3, -0.25) is 9.59 Å². The SMILES string of the molecule is CC(=O)C1(Cc2ccc(I)cc2)Cc2ccccc2C1=O. The molecule has 0 saturated heterocycles. The minimum atomic E-state index is -0.920. The first-order chi connectivity index (χ1) is 10.0. The van der Waals surface area contributed by atoms with Gasteiger partial charge in [-0.2, -0.15) is 0 Å². The third-order valence-electron chi connectivity index (χ3n) is 4.28. The van der Waals surface area contributed by atoms with E-state index in [1.165, 1.54) is 6.92 Å². The summed E-state index contributed by atoms with van der Waals surface area (Å²) in [6.07, 6.45) is 0.996. The Bertz CT molecular complexity index is 718.